The van der Waals surface area contributed by atoms with Crippen molar-refractivity contribution < 1.29 is 4.79 Å². The summed E-state index contributed by atoms with van der Waals surface area (Å²) >= 11 is 0. The van der Waals surface area contributed by atoms with Crippen molar-refractivity contribution in [3.05, 3.63) is 35.9 Å². The Bertz CT molecular complexity index is 331. The molecule has 0 aliphatic carbocycles. The molecule has 0 aliphatic rings. The van der Waals surface area contributed by atoms with Crippen molar-refractivity contribution in [2.45, 2.75) is 77.0 Å². The number of hydrogen-bond donors (Lipinski definition) is 0. The summed E-state index contributed by atoms with van der Waals surface area (Å²) in [4.78, 5) is 11.2. The molecule has 0 amide bonds. The molecule has 0 fully saturated rings. The van der Waals surface area contributed by atoms with Crippen LogP contribution < -0.4 is 0 Å². The van der Waals surface area contributed by atoms with Crippen LogP contribution >= 0.6 is 0 Å². The molecule has 1 rings (SSSR count). The van der Waals surface area contributed by atoms with Crippen LogP contribution in [0, 0.1) is 0 Å². The van der Waals surface area contributed by atoms with Crippen LogP contribution in [0.4, 0.5) is 0 Å². The number of benzene rings is 1. The lowest BCUT2D eigenvalue weighted by atomic mass is 9.94. The first-order valence-corrected chi connectivity index (χ1v) is 8.38. The van der Waals surface area contributed by atoms with Crippen LogP contribution in [0.5, 0.6) is 0 Å². The second-order valence-electron chi connectivity index (χ2n) is 5.77. The Morgan fingerprint density at radius 1 is 0.850 bits per heavy atom. The van der Waals surface area contributed by atoms with Crippen molar-refractivity contribution in [3.8, 4) is 0 Å². The van der Waals surface area contributed by atoms with E-state index in [4.69, 9.17) is 0 Å². The van der Waals surface area contributed by atoms with Crippen LogP contribution in [0.3, 0.4) is 0 Å². The van der Waals surface area contributed by atoms with Gasteiger partial charge in [0.1, 0.15) is 6.29 Å². The van der Waals surface area contributed by atoms with E-state index in [0.29, 0.717) is 0 Å². The van der Waals surface area contributed by atoms with Crippen LogP contribution in [0.2, 0.25) is 0 Å². The number of unbranched alkanes of at least 4 members (excludes halogenated alkanes) is 8. The van der Waals surface area contributed by atoms with E-state index >= 15 is 0 Å². The Morgan fingerprint density at radius 3 is 1.95 bits per heavy atom. The average Bonchev–Trinajstić information content (AvgIpc) is 2.50. The second-order valence-corrected chi connectivity index (χ2v) is 5.77. The average molecular weight is 274 g/mol. The van der Waals surface area contributed by atoms with Crippen LogP contribution in [-0.4, -0.2) is 6.29 Å². The standard InChI is InChI=1S/C19H30O/c1-2-3-4-5-6-7-8-9-11-16-19(17-20)18-14-12-10-13-15-18/h10,12-15,17,19H,2-9,11,16H2,1H3. The van der Waals surface area contributed by atoms with E-state index in [1.807, 2.05) is 18.2 Å². The van der Waals surface area contributed by atoms with Gasteiger partial charge >= 0.3 is 0 Å². The highest BCUT2D eigenvalue weighted by molar-refractivity contribution is 5.61. The Hall–Kier alpha value is -1.11. The van der Waals surface area contributed by atoms with Crippen LogP contribution in [0.1, 0.15) is 82.6 Å². The molecular formula is C19H30O. The number of aldehydes is 1. The lowest BCUT2D eigenvalue weighted by Crippen LogP contribution is -2.00. The minimum atomic E-state index is 0.0979. The monoisotopic (exact) mass is 274 g/mol. The van der Waals surface area contributed by atoms with Crippen LogP contribution in [0.25, 0.3) is 0 Å². The summed E-state index contributed by atoms with van der Waals surface area (Å²) in [6.07, 6.45) is 14.1. The zero-order chi connectivity index (χ0) is 14.5. The van der Waals surface area contributed by atoms with E-state index in [1.54, 1.807) is 0 Å². The van der Waals surface area contributed by atoms with E-state index in [1.165, 1.54) is 63.4 Å². The minimum absolute atomic E-state index is 0.0979. The van der Waals surface area contributed by atoms with Gasteiger partial charge in [-0.2, -0.15) is 0 Å². The molecule has 0 saturated heterocycles. The summed E-state index contributed by atoms with van der Waals surface area (Å²) < 4.78 is 0. The van der Waals surface area contributed by atoms with Gasteiger partial charge in [0.2, 0.25) is 0 Å². The third-order valence-electron chi connectivity index (χ3n) is 4.01. The summed E-state index contributed by atoms with van der Waals surface area (Å²) in [7, 11) is 0. The van der Waals surface area contributed by atoms with E-state index in [0.717, 1.165) is 12.7 Å². The van der Waals surface area contributed by atoms with Gasteiger partial charge in [0, 0.05) is 5.92 Å². The molecular weight excluding hydrogens is 244 g/mol. The number of hydrogen-bond acceptors (Lipinski definition) is 1. The molecule has 112 valence electrons. The van der Waals surface area contributed by atoms with Gasteiger partial charge in [0.25, 0.3) is 0 Å². The number of carbonyl (C=O) groups excluding carboxylic acids is 1. The van der Waals surface area contributed by atoms with Crippen molar-refractivity contribution in [2.24, 2.45) is 0 Å². The molecule has 1 nitrogen and oxygen atoms in total. The summed E-state index contributed by atoms with van der Waals surface area (Å²) in [6.45, 7) is 2.26. The molecule has 0 saturated carbocycles. The van der Waals surface area contributed by atoms with Gasteiger partial charge in [-0.05, 0) is 12.0 Å². The minimum Gasteiger partial charge on any atom is -0.303 e. The molecule has 0 spiro atoms. The maximum Gasteiger partial charge on any atom is 0.127 e. The zero-order valence-corrected chi connectivity index (χ0v) is 13.0. The smallest absolute Gasteiger partial charge is 0.127 e. The topological polar surface area (TPSA) is 17.1 Å². The van der Waals surface area contributed by atoms with E-state index in [-0.39, 0.29) is 5.92 Å². The lowest BCUT2D eigenvalue weighted by Gasteiger charge is -2.10. The van der Waals surface area contributed by atoms with Gasteiger partial charge in [-0.25, -0.2) is 0 Å². The molecule has 0 heterocycles. The van der Waals surface area contributed by atoms with Gasteiger partial charge in [-0.15, -0.1) is 0 Å². The predicted molar refractivity (Wildman–Crippen MR) is 87.1 cm³/mol. The fourth-order valence-electron chi connectivity index (χ4n) is 2.69. The predicted octanol–water partition coefficient (Wildman–Crippen LogP) is 5.89. The summed E-state index contributed by atoms with van der Waals surface area (Å²) in [5.41, 5.74) is 1.17. The first-order chi connectivity index (χ1) is 9.88. The lowest BCUT2D eigenvalue weighted by molar-refractivity contribution is -0.109. The molecule has 0 bridgehead atoms. The van der Waals surface area contributed by atoms with Crippen LogP contribution in [-0.2, 0) is 4.79 Å². The Morgan fingerprint density at radius 2 is 1.40 bits per heavy atom. The maximum absolute atomic E-state index is 11.2. The van der Waals surface area contributed by atoms with Gasteiger partial charge in [0.05, 0.1) is 0 Å². The normalized spacial score (nSPS) is 12.2. The molecule has 1 atom stereocenters. The zero-order valence-electron chi connectivity index (χ0n) is 13.0. The summed E-state index contributed by atoms with van der Waals surface area (Å²) in [5, 5.41) is 0. The quantitative estimate of drug-likeness (QED) is 0.343. The molecule has 20 heavy (non-hydrogen) atoms. The fourth-order valence-corrected chi connectivity index (χ4v) is 2.69. The number of rotatable bonds is 12. The summed E-state index contributed by atoms with van der Waals surface area (Å²) in [6, 6.07) is 10.2. The highest BCUT2D eigenvalue weighted by atomic mass is 16.1. The summed E-state index contributed by atoms with van der Waals surface area (Å²) in [5.74, 6) is 0.0979. The van der Waals surface area contributed by atoms with E-state index in [9.17, 15) is 4.79 Å². The molecule has 0 aromatic heterocycles. The second kappa shape index (κ2) is 11.7. The van der Waals surface area contributed by atoms with Crippen molar-refractivity contribution in [3.63, 3.8) is 0 Å². The van der Waals surface area contributed by atoms with E-state index in [2.05, 4.69) is 19.1 Å². The first kappa shape index (κ1) is 16.9. The van der Waals surface area contributed by atoms with Crippen molar-refractivity contribution in [1.29, 1.82) is 0 Å². The molecule has 0 aliphatic heterocycles. The van der Waals surface area contributed by atoms with Gasteiger partial charge in [-0.3, -0.25) is 0 Å². The van der Waals surface area contributed by atoms with Crippen molar-refractivity contribution in [1.82, 2.24) is 0 Å². The fraction of sp³-hybridized carbons (Fsp3) is 0.632. The van der Waals surface area contributed by atoms with Crippen molar-refractivity contribution in [2.75, 3.05) is 0 Å². The molecule has 1 heteroatoms. The van der Waals surface area contributed by atoms with Gasteiger partial charge in [-0.1, -0.05) is 95.0 Å². The van der Waals surface area contributed by atoms with E-state index < -0.39 is 0 Å². The maximum atomic E-state index is 11.2. The van der Waals surface area contributed by atoms with Gasteiger partial charge < -0.3 is 4.79 Å². The highest BCUT2D eigenvalue weighted by Gasteiger charge is 2.08. The Kier molecular flexibility index (Phi) is 9.91. The third-order valence-corrected chi connectivity index (χ3v) is 4.01. The first-order valence-electron chi connectivity index (χ1n) is 8.38. The molecule has 1 aromatic carbocycles. The SMILES string of the molecule is CCCCCCCCCCCC(C=O)c1ccccc1. The molecule has 1 unspecified atom stereocenters. The molecule has 1 aromatic rings. The Labute approximate surface area is 124 Å². The van der Waals surface area contributed by atoms with Crippen molar-refractivity contribution >= 4 is 6.29 Å². The number of carbonyl (C=O) groups is 1. The highest BCUT2D eigenvalue weighted by Crippen LogP contribution is 2.20. The molecule has 0 radical (unpaired) electrons. The molecule has 0 N–H and O–H groups in total. The largest absolute Gasteiger partial charge is 0.303 e. The van der Waals surface area contributed by atoms with Gasteiger partial charge in [0.15, 0.2) is 0 Å². The third kappa shape index (κ3) is 7.47. The Balaban J connectivity index is 2.04. The van der Waals surface area contributed by atoms with Crippen LogP contribution in [0.15, 0.2) is 30.3 Å².